The molecule has 0 aliphatic carbocycles. The number of aliphatic hydroxyl groups is 1. The van der Waals surface area contributed by atoms with Crippen molar-refractivity contribution in [3.05, 3.63) is 83.7 Å². The smallest absolute Gasteiger partial charge is 0.261 e. The van der Waals surface area contributed by atoms with Gasteiger partial charge in [0.05, 0.1) is 24.0 Å². The summed E-state index contributed by atoms with van der Waals surface area (Å²) < 4.78 is 35.2. The largest absolute Gasteiger partial charge is 0.488 e. The van der Waals surface area contributed by atoms with Crippen LogP contribution in [0.5, 0.6) is 5.75 Å². The van der Waals surface area contributed by atoms with Crippen LogP contribution in [-0.2, 0) is 27.8 Å². The topological polar surface area (TPSA) is 112 Å². The first-order valence-electron chi connectivity index (χ1n) is 13.4. The highest BCUT2D eigenvalue weighted by atomic mass is 32.2. The van der Waals surface area contributed by atoms with E-state index in [4.69, 9.17) is 4.74 Å². The van der Waals surface area contributed by atoms with Gasteiger partial charge >= 0.3 is 0 Å². The van der Waals surface area contributed by atoms with Crippen LogP contribution in [0.1, 0.15) is 30.5 Å². The minimum atomic E-state index is -3.82. The standard InChI is InChI=1S/C30H38N4O5S/c1-21-5-8-27(9-6-21)40(37,38)32-26-7-10-28-25(15-26)16-30(36)34(23(3)20-35)17-22(2)29(39-28)19-33(4)18-24-11-13-31-14-12-24/h5-15,22-23,29,32,35H,16-20H2,1-4H3/t22-,23-,29+/m1/s1. The molecule has 0 unspecified atom stereocenters. The summed E-state index contributed by atoms with van der Waals surface area (Å²) in [5, 5.41) is 9.88. The van der Waals surface area contributed by atoms with Crippen molar-refractivity contribution in [1.29, 1.82) is 0 Å². The van der Waals surface area contributed by atoms with Crippen molar-refractivity contribution in [2.24, 2.45) is 5.92 Å². The number of fused-ring (bicyclic) bond motifs is 1. The summed E-state index contributed by atoms with van der Waals surface area (Å²) in [4.78, 5) is 21.6. The van der Waals surface area contributed by atoms with Crippen LogP contribution in [-0.4, -0.2) is 73.1 Å². The number of aryl methyl sites for hydroxylation is 1. The van der Waals surface area contributed by atoms with Gasteiger partial charge in [-0.05, 0) is 68.9 Å². The predicted octanol–water partition coefficient (Wildman–Crippen LogP) is 3.47. The Morgan fingerprint density at radius 2 is 1.85 bits per heavy atom. The van der Waals surface area contributed by atoms with Gasteiger partial charge in [-0.2, -0.15) is 0 Å². The lowest BCUT2D eigenvalue weighted by molar-refractivity contribution is -0.134. The van der Waals surface area contributed by atoms with Gasteiger partial charge in [-0.25, -0.2) is 8.42 Å². The Bertz CT molecular complexity index is 1400. The molecule has 2 heterocycles. The van der Waals surface area contributed by atoms with Gasteiger partial charge in [0, 0.05) is 49.2 Å². The summed E-state index contributed by atoms with van der Waals surface area (Å²) in [6.45, 7) is 7.33. The molecule has 0 saturated heterocycles. The average molecular weight is 567 g/mol. The molecule has 0 fully saturated rings. The molecule has 40 heavy (non-hydrogen) atoms. The van der Waals surface area contributed by atoms with Crippen molar-refractivity contribution < 1.29 is 23.1 Å². The molecule has 2 N–H and O–H groups in total. The number of benzene rings is 2. The van der Waals surface area contributed by atoms with Gasteiger partial charge in [-0.3, -0.25) is 19.4 Å². The average Bonchev–Trinajstić information content (AvgIpc) is 2.96. The number of likely N-dealkylation sites (N-methyl/N-ethyl adjacent to an activating group) is 1. The quantitative estimate of drug-likeness (QED) is 0.408. The fraction of sp³-hybridized carbons (Fsp3) is 0.400. The molecule has 0 spiro atoms. The first-order valence-corrected chi connectivity index (χ1v) is 14.9. The number of rotatable bonds is 9. The van der Waals surface area contributed by atoms with E-state index in [2.05, 4.69) is 14.6 Å². The van der Waals surface area contributed by atoms with Gasteiger partial charge < -0.3 is 14.7 Å². The number of aromatic nitrogens is 1. The van der Waals surface area contributed by atoms with Crippen molar-refractivity contribution in [2.75, 3.05) is 31.5 Å². The van der Waals surface area contributed by atoms with E-state index < -0.39 is 10.0 Å². The zero-order chi connectivity index (χ0) is 28.9. The zero-order valence-corrected chi connectivity index (χ0v) is 24.3. The Balaban J connectivity index is 1.63. The van der Waals surface area contributed by atoms with Crippen LogP contribution in [0.3, 0.4) is 0 Å². The van der Waals surface area contributed by atoms with E-state index in [1.807, 2.05) is 40.0 Å². The molecule has 1 amide bonds. The first-order chi connectivity index (χ1) is 19.1. The lowest BCUT2D eigenvalue weighted by atomic mass is 10.0. The van der Waals surface area contributed by atoms with Crippen molar-refractivity contribution in [1.82, 2.24) is 14.8 Å². The third-order valence-corrected chi connectivity index (χ3v) is 8.59. The Morgan fingerprint density at radius 3 is 2.52 bits per heavy atom. The molecule has 1 aromatic heterocycles. The molecule has 214 valence electrons. The van der Waals surface area contributed by atoms with Gasteiger partial charge in [-0.15, -0.1) is 0 Å². The molecule has 9 nitrogen and oxygen atoms in total. The second-order valence-electron chi connectivity index (χ2n) is 10.7. The Labute approximate surface area is 236 Å². The van der Waals surface area contributed by atoms with E-state index in [9.17, 15) is 18.3 Å². The lowest BCUT2D eigenvalue weighted by Gasteiger charge is -2.34. The maximum atomic E-state index is 13.5. The predicted molar refractivity (Wildman–Crippen MR) is 155 cm³/mol. The second kappa shape index (κ2) is 12.8. The molecule has 1 aliphatic heterocycles. The molecule has 3 atom stereocenters. The van der Waals surface area contributed by atoms with Gasteiger partial charge in [0.2, 0.25) is 5.91 Å². The third kappa shape index (κ3) is 7.38. The number of ether oxygens (including phenoxy) is 1. The summed E-state index contributed by atoms with van der Waals surface area (Å²) in [7, 11) is -1.80. The number of hydrogen-bond donors (Lipinski definition) is 2. The molecule has 2 aromatic carbocycles. The fourth-order valence-corrected chi connectivity index (χ4v) is 5.86. The molecule has 3 aromatic rings. The molecule has 4 rings (SSSR count). The Kier molecular flexibility index (Phi) is 9.44. The van der Waals surface area contributed by atoms with Crippen molar-refractivity contribution in [2.45, 2.75) is 50.8 Å². The molecular weight excluding hydrogens is 528 g/mol. The molecule has 1 aliphatic rings. The number of aliphatic hydroxyl groups excluding tert-OH is 1. The van der Waals surface area contributed by atoms with Crippen molar-refractivity contribution in [3.8, 4) is 5.75 Å². The van der Waals surface area contributed by atoms with Crippen LogP contribution in [0, 0.1) is 12.8 Å². The summed E-state index contributed by atoms with van der Waals surface area (Å²) in [5.41, 5.74) is 3.02. The molecule has 10 heteroatoms. The molecular formula is C30H38N4O5S. The molecule has 0 radical (unpaired) electrons. The number of hydrogen-bond acceptors (Lipinski definition) is 7. The van der Waals surface area contributed by atoms with Crippen LogP contribution in [0.15, 0.2) is 71.9 Å². The monoisotopic (exact) mass is 566 g/mol. The van der Waals surface area contributed by atoms with E-state index in [0.29, 0.717) is 36.6 Å². The van der Waals surface area contributed by atoms with E-state index in [1.165, 1.54) is 0 Å². The Hall–Kier alpha value is -3.47. The lowest BCUT2D eigenvalue weighted by Crippen LogP contribution is -2.47. The highest BCUT2D eigenvalue weighted by Crippen LogP contribution is 2.30. The van der Waals surface area contributed by atoms with Crippen molar-refractivity contribution in [3.63, 3.8) is 0 Å². The summed E-state index contributed by atoms with van der Waals surface area (Å²) >= 11 is 0. The number of anilines is 1. The van der Waals surface area contributed by atoms with Crippen LogP contribution in [0.4, 0.5) is 5.69 Å². The number of carbonyl (C=O) groups excluding carboxylic acids is 1. The number of sulfonamides is 1. The van der Waals surface area contributed by atoms with Crippen molar-refractivity contribution >= 4 is 21.6 Å². The minimum absolute atomic E-state index is 0.0199. The number of nitrogens with zero attached hydrogens (tertiary/aromatic N) is 3. The van der Waals surface area contributed by atoms with Gasteiger partial charge in [-0.1, -0.05) is 24.6 Å². The molecule has 0 bridgehead atoms. The third-order valence-electron chi connectivity index (χ3n) is 7.19. The molecule has 0 saturated carbocycles. The fourth-order valence-electron chi connectivity index (χ4n) is 4.81. The highest BCUT2D eigenvalue weighted by molar-refractivity contribution is 7.92. The summed E-state index contributed by atoms with van der Waals surface area (Å²) in [6, 6.07) is 15.2. The first kappa shape index (κ1) is 29.5. The number of amides is 1. The number of pyridine rings is 1. The van der Waals surface area contributed by atoms with Gasteiger partial charge in [0.15, 0.2) is 0 Å². The number of nitrogens with one attached hydrogen (secondary N) is 1. The zero-order valence-electron chi connectivity index (χ0n) is 23.4. The van der Waals surface area contributed by atoms with Gasteiger partial charge in [0.25, 0.3) is 10.0 Å². The summed E-state index contributed by atoms with van der Waals surface area (Å²) in [6.07, 6.45) is 3.29. The summed E-state index contributed by atoms with van der Waals surface area (Å²) in [5.74, 6) is 0.352. The Morgan fingerprint density at radius 1 is 1.15 bits per heavy atom. The van der Waals surface area contributed by atoms with E-state index >= 15 is 0 Å². The normalized spacial score (nSPS) is 18.8. The number of carbonyl (C=O) groups is 1. The minimum Gasteiger partial charge on any atom is -0.488 e. The highest BCUT2D eigenvalue weighted by Gasteiger charge is 2.31. The second-order valence-corrected chi connectivity index (χ2v) is 12.4. The van der Waals surface area contributed by atoms with Crippen LogP contribution >= 0.6 is 0 Å². The maximum Gasteiger partial charge on any atom is 0.261 e. The van der Waals surface area contributed by atoms with Crippen LogP contribution in [0.2, 0.25) is 0 Å². The van der Waals surface area contributed by atoms with E-state index in [1.54, 1.807) is 59.8 Å². The maximum absolute atomic E-state index is 13.5. The van der Waals surface area contributed by atoms with Gasteiger partial charge in [0.1, 0.15) is 11.9 Å². The SMILES string of the molecule is Cc1ccc(S(=O)(=O)Nc2ccc3c(c2)CC(=O)N([C@H](C)CO)C[C@@H](C)[C@H](CN(C)Cc2ccncc2)O3)cc1. The van der Waals surface area contributed by atoms with Crippen LogP contribution < -0.4 is 9.46 Å². The van der Waals surface area contributed by atoms with E-state index in [-0.39, 0.29) is 41.9 Å². The van der Waals surface area contributed by atoms with E-state index in [0.717, 1.165) is 11.1 Å². The van der Waals surface area contributed by atoms with Crippen LogP contribution in [0.25, 0.3) is 0 Å².